The Bertz CT molecular complexity index is 480. The van der Waals surface area contributed by atoms with Crippen molar-refractivity contribution in [3.8, 4) is 0 Å². The van der Waals surface area contributed by atoms with E-state index in [0.717, 1.165) is 5.56 Å². The maximum Gasteiger partial charge on any atom is 0.318 e. The molecule has 2 fully saturated rings. The van der Waals surface area contributed by atoms with E-state index in [1.807, 2.05) is 42.2 Å². The van der Waals surface area contributed by atoms with Crippen molar-refractivity contribution in [1.29, 1.82) is 0 Å². The minimum atomic E-state index is -0.0263. The van der Waals surface area contributed by atoms with Crippen LogP contribution in [0.1, 0.15) is 12.5 Å². The Balaban J connectivity index is 1.59. The number of carbonyl (C=O) groups is 1. The number of urea groups is 1. The van der Waals surface area contributed by atoms with Crippen LogP contribution in [0.3, 0.4) is 0 Å². The summed E-state index contributed by atoms with van der Waals surface area (Å²) in [5, 5.41) is 2.99. The second kappa shape index (κ2) is 6.45. The highest BCUT2D eigenvalue weighted by atomic mass is 16.5. The van der Waals surface area contributed by atoms with E-state index in [1.54, 1.807) is 0 Å². The molecule has 1 aromatic carbocycles. The van der Waals surface area contributed by atoms with Crippen LogP contribution < -0.4 is 5.32 Å². The van der Waals surface area contributed by atoms with Crippen LogP contribution >= 0.6 is 0 Å². The van der Waals surface area contributed by atoms with Gasteiger partial charge in [-0.25, -0.2) is 4.79 Å². The largest absolute Gasteiger partial charge is 0.379 e. The van der Waals surface area contributed by atoms with E-state index in [-0.39, 0.29) is 18.2 Å². The van der Waals surface area contributed by atoms with Gasteiger partial charge in [-0.2, -0.15) is 0 Å². The van der Waals surface area contributed by atoms with Crippen molar-refractivity contribution in [1.82, 2.24) is 10.2 Å². The molecule has 0 spiro atoms. The predicted octanol–water partition coefficient (Wildman–Crippen LogP) is 1.63. The van der Waals surface area contributed by atoms with Crippen LogP contribution in [0.25, 0.3) is 0 Å². The molecule has 3 rings (SSSR count). The van der Waals surface area contributed by atoms with Crippen LogP contribution in [-0.2, 0) is 16.0 Å². The van der Waals surface area contributed by atoms with Crippen molar-refractivity contribution in [3.63, 3.8) is 0 Å². The minimum Gasteiger partial charge on any atom is -0.379 e. The first-order valence-corrected chi connectivity index (χ1v) is 7.57. The topological polar surface area (TPSA) is 50.8 Å². The average molecular weight is 290 g/mol. The summed E-state index contributed by atoms with van der Waals surface area (Å²) in [6, 6.07) is 10.1. The molecular formula is C16H22N2O3. The van der Waals surface area contributed by atoms with E-state index in [2.05, 4.69) is 5.32 Å². The number of nitrogens with one attached hydrogen (secondary N) is 1. The summed E-state index contributed by atoms with van der Waals surface area (Å²) < 4.78 is 11.3. The molecule has 2 aliphatic rings. The first-order chi connectivity index (χ1) is 10.3. The van der Waals surface area contributed by atoms with Crippen molar-refractivity contribution < 1.29 is 14.3 Å². The second-order valence-corrected chi connectivity index (χ2v) is 5.56. The van der Waals surface area contributed by atoms with Crippen molar-refractivity contribution in [3.05, 3.63) is 35.9 Å². The van der Waals surface area contributed by atoms with E-state index < -0.39 is 0 Å². The first kappa shape index (κ1) is 14.4. The fourth-order valence-corrected chi connectivity index (χ4v) is 3.20. The Morgan fingerprint density at radius 1 is 1.38 bits per heavy atom. The van der Waals surface area contributed by atoms with Gasteiger partial charge in [-0.1, -0.05) is 30.3 Å². The molecule has 2 heterocycles. The maximum atomic E-state index is 12.4. The number of amides is 2. The molecule has 0 radical (unpaired) electrons. The molecule has 2 saturated heterocycles. The number of rotatable bonds is 4. The zero-order chi connectivity index (χ0) is 14.7. The van der Waals surface area contributed by atoms with Gasteiger partial charge in [0, 0.05) is 25.6 Å². The van der Waals surface area contributed by atoms with Crippen molar-refractivity contribution in [2.75, 3.05) is 26.4 Å². The Kier molecular flexibility index (Phi) is 4.41. The number of hydrogen-bond donors (Lipinski definition) is 1. The van der Waals surface area contributed by atoms with Crippen LogP contribution in [0, 0.1) is 5.92 Å². The molecule has 114 valence electrons. The van der Waals surface area contributed by atoms with E-state index >= 15 is 0 Å². The number of nitrogens with zero attached hydrogens (tertiary/aromatic N) is 1. The highest BCUT2D eigenvalue weighted by Crippen LogP contribution is 2.32. The molecule has 0 aromatic heterocycles. The Morgan fingerprint density at radius 2 is 2.19 bits per heavy atom. The minimum absolute atomic E-state index is 0.0263. The van der Waals surface area contributed by atoms with E-state index in [1.165, 1.54) is 0 Å². The summed E-state index contributed by atoms with van der Waals surface area (Å²) in [7, 11) is 0. The quantitative estimate of drug-likeness (QED) is 0.917. The predicted molar refractivity (Wildman–Crippen MR) is 78.9 cm³/mol. The van der Waals surface area contributed by atoms with Gasteiger partial charge in [0.2, 0.25) is 0 Å². The first-order valence-electron chi connectivity index (χ1n) is 7.57. The lowest BCUT2D eigenvalue weighted by Crippen LogP contribution is -2.44. The summed E-state index contributed by atoms with van der Waals surface area (Å²) >= 11 is 0. The lowest BCUT2D eigenvalue weighted by atomic mass is 10.0. The standard InChI is InChI=1S/C16H22N2O3/c1-2-21-15-9-18(14-11-20-10-13(14)15)16(19)17-8-12-6-4-3-5-7-12/h3-7,13-15H,2,8-11H2,1H3,(H,17,19)/t13-,14+,15-/m0/s1. The molecule has 2 amide bonds. The van der Waals surface area contributed by atoms with E-state index in [9.17, 15) is 4.79 Å². The number of hydrogen-bond acceptors (Lipinski definition) is 3. The van der Waals surface area contributed by atoms with Crippen LogP contribution in [0.2, 0.25) is 0 Å². The van der Waals surface area contributed by atoms with Gasteiger partial charge in [0.1, 0.15) is 0 Å². The van der Waals surface area contributed by atoms with Gasteiger partial charge in [0.05, 0.1) is 25.4 Å². The molecule has 0 unspecified atom stereocenters. The normalized spacial score (nSPS) is 27.7. The Hall–Kier alpha value is -1.59. The monoisotopic (exact) mass is 290 g/mol. The molecule has 2 aliphatic heterocycles. The van der Waals surface area contributed by atoms with Gasteiger partial charge in [-0.05, 0) is 12.5 Å². The van der Waals surface area contributed by atoms with Crippen molar-refractivity contribution in [2.24, 2.45) is 5.92 Å². The molecule has 21 heavy (non-hydrogen) atoms. The number of benzene rings is 1. The third kappa shape index (κ3) is 3.04. The Morgan fingerprint density at radius 3 is 2.95 bits per heavy atom. The van der Waals surface area contributed by atoms with Crippen LogP contribution in [0.15, 0.2) is 30.3 Å². The fourth-order valence-electron chi connectivity index (χ4n) is 3.20. The molecule has 0 bridgehead atoms. The summed E-state index contributed by atoms with van der Waals surface area (Å²) in [5.74, 6) is 0.312. The smallest absolute Gasteiger partial charge is 0.318 e. The van der Waals surface area contributed by atoms with Crippen molar-refractivity contribution in [2.45, 2.75) is 25.6 Å². The highest BCUT2D eigenvalue weighted by molar-refractivity contribution is 5.75. The zero-order valence-electron chi connectivity index (χ0n) is 12.3. The van der Waals surface area contributed by atoms with Crippen LogP contribution in [0.4, 0.5) is 4.79 Å². The molecule has 1 N–H and O–H groups in total. The maximum absolute atomic E-state index is 12.4. The summed E-state index contributed by atoms with van der Waals surface area (Å²) in [5.41, 5.74) is 1.10. The lowest BCUT2D eigenvalue weighted by molar-refractivity contribution is 0.0288. The molecule has 3 atom stereocenters. The van der Waals surface area contributed by atoms with Crippen LogP contribution in [0.5, 0.6) is 0 Å². The SMILES string of the molecule is CCO[C@H]1CN(C(=O)NCc2ccccc2)[C@@H]2COC[C@H]12. The zero-order valence-corrected chi connectivity index (χ0v) is 12.3. The van der Waals surface area contributed by atoms with E-state index in [0.29, 0.717) is 38.8 Å². The highest BCUT2D eigenvalue weighted by Gasteiger charge is 2.47. The second-order valence-electron chi connectivity index (χ2n) is 5.56. The fraction of sp³-hybridized carbons (Fsp3) is 0.562. The average Bonchev–Trinajstić information content (AvgIpc) is 3.10. The van der Waals surface area contributed by atoms with Gasteiger partial charge in [0.25, 0.3) is 0 Å². The lowest BCUT2D eigenvalue weighted by Gasteiger charge is -2.22. The van der Waals surface area contributed by atoms with Gasteiger partial charge >= 0.3 is 6.03 Å². The van der Waals surface area contributed by atoms with Gasteiger partial charge in [0.15, 0.2) is 0 Å². The molecular weight excluding hydrogens is 268 g/mol. The third-order valence-electron chi connectivity index (χ3n) is 4.28. The summed E-state index contributed by atoms with van der Waals surface area (Å²) in [4.78, 5) is 14.3. The molecule has 0 saturated carbocycles. The molecule has 1 aromatic rings. The van der Waals surface area contributed by atoms with E-state index in [4.69, 9.17) is 9.47 Å². The molecule has 5 nitrogen and oxygen atoms in total. The van der Waals surface area contributed by atoms with Gasteiger partial charge in [-0.3, -0.25) is 0 Å². The Labute approximate surface area is 125 Å². The molecule has 5 heteroatoms. The number of ether oxygens (including phenoxy) is 2. The third-order valence-corrected chi connectivity index (χ3v) is 4.28. The van der Waals surface area contributed by atoms with Crippen LogP contribution in [-0.4, -0.2) is 49.4 Å². The number of likely N-dealkylation sites (tertiary alicyclic amines) is 1. The summed E-state index contributed by atoms with van der Waals surface area (Å²) in [6.07, 6.45) is 0.102. The van der Waals surface area contributed by atoms with Crippen molar-refractivity contribution >= 4 is 6.03 Å². The molecule has 0 aliphatic carbocycles. The number of carbonyl (C=O) groups excluding carboxylic acids is 1. The van der Waals surface area contributed by atoms with Gasteiger partial charge in [-0.15, -0.1) is 0 Å². The van der Waals surface area contributed by atoms with Gasteiger partial charge < -0.3 is 19.7 Å². The summed E-state index contributed by atoms with van der Waals surface area (Å²) in [6.45, 7) is 5.18. The number of fused-ring (bicyclic) bond motifs is 1.